The lowest BCUT2D eigenvalue weighted by Gasteiger charge is -2.29. The molecule has 1 rings (SSSR count). The number of nitrogens with two attached hydrogens (primary N) is 1. The summed E-state index contributed by atoms with van der Waals surface area (Å²) in [6, 6.07) is 2.46. The maximum absolute atomic E-state index is 14.0. The Balaban J connectivity index is 3.08. The molecule has 0 spiro atoms. The predicted octanol–water partition coefficient (Wildman–Crippen LogP) is 3.37. The highest BCUT2D eigenvalue weighted by Crippen LogP contribution is 2.31. The van der Waals surface area contributed by atoms with Gasteiger partial charge < -0.3 is 5.73 Å². The molecule has 0 aromatic heterocycles. The third-order valence-electron chi connectivity index (χ3n) is 3.61. The van der Waals surface area contributed by atoms with Gasteiger partial charge in [-0.3, -0.25) is 0 Å². The first-order valence-corrected chi connectivity index (χ1v) is 10.0. The normalized spacial score (nSPS) is 12.6. The first-order valence-electron chi connectivity index (χ1n) is 6.50. The Kier molecular flexibility index (Phi) is 6.52. The highest BCUT2D eigenvalue weighted by atomic mass is 79.9. The first-order chi connectivity index (χ1) is 9.71. The summed E-state index contributed by atoms with van der Waals surface area (Å²) in [5.74, 6) is -0.834. The minimum atomic E-state index is -3.95. The van der Waals surface area contributed by atoms with Gasteiger partial charge >= 0.3 is 0 Å². The van der Waals surface area contributed by atoms with Crippen LogP contribution in [0.4, 0.5) is 10.1 Å². The van der Waals surface area contributed by atoms with E-state index in [1.54, 1.807) is 11.8 Å². The van der Waals surface area contributed by atoms with E-state index in [0.29, 0.717) is 0 Å². The van der Waals surface area contributed by atoms with Crippen LogP contribution in [0, 0.1) is 5.82 Å². The summed E-state index contributed by atoms with van der Waals surface area (Å²) in [5, 5.41) is 0. The average molecular weight is 399 g/mol. The van der Waals surface area contributed by atoms with Gasteiger partial charge in [0, 0.05) is 17.0 Å². The average Bonchev–Trinajstić information content (AvgIpc) is 2.45. The number of rotatable bonds is 7. The van der Waals surface area contributed by atoms with Crippen molar-refractivity contribution in [2.75, 3.05) is 18.5 Å². The van der Waals surface area contributed by atoms with Crippen molar-refractivity contribution in [2.45, 2.75) is 36.3 Å². The largest absolute Gasteiger partial charge is 0.399 e. The molecule has 4 nitrogen and oxygen atoms in total. The smallest absolute Gasteiger partial charge is 0.243 e. The van der Waals surface area contributed by atoms with Gasteiger partial charge in [0.25, 0.3) is 0 Å². The van der Waals surface area contributed by atoms with Gasteiger partial charge in [-0.2, -0.15) is 11.8 Å². The monoisotopic (exact) mass is 398 g/mol. The zero-order valence-electron chi connectivity index (χ0n) is 12.2. The quantitative estimate of drug-likeness (QED) is 0.690. The van der Waals surface area contributed by atoms with E-state index in [1.165, 1.54) is 6.07 Å². The molecular formula is C13H20BrFN2O2S2. The summed E-state index contributed by atoms with van der Waals surface area (Å²) in [7, 11) is -3.95. The Morgan fingerprint density at radius 2 is 1.95 bits per heavy atom. The number of benzene rings is 1. The third-order valence-corrected chi connectivity index (χ3v) is 7.18. The maximum atomic E-state index is 14.0. The fourth-order valence-corrected chi connectivity index (χ4v) is 4.70. The predicted molar refractivity (Wildman–Crippen MR) is 90.5 cm³/mol. The van der Waals surface area contributed by atoms with E-state index in [9.17, 15) is 12.8 Å². The minimum Gasteiger partial charge on any atom is -0.399 e. The molecule has 0 aliphatic carbocycles. The zero-order chi connectivity index (χ0) is 16.3. The van der Waals surface area contributed by atoms with Crippen molar-refractivity contribution in [3.05, 3.63) is 22.4 Å². The van der Waals surface area contributed by atoms with Gasteiger partial charge in [-0.25, -0.2) is 17.5 Å². The van der Waals surface area contributed by atoms with Crippen LogP contribution in [0.2, 0.25) is 0 Å². The Hall–Kier alpha value is -0.310. The molecule has 0 unspecified atom stereocenters. The molecule has 0 aliphatic rings. The summed E-state index contributed by atoms with van der Waals surface area (Å²) in [4.78, 5) is -0.434. The summed E-state index contributed by atoms with van der Waals surface area (Å²) < 4.78 is 41.0. The van der Waals surface area contributed by atoms with Gasteiger partial charge in [0.2, 0.25) is 10.0 Å². The first kappa shape index (κ1) is 18.7. The molecule has 0 atom stereocenters. The Bertz CT molecular complexity index is 596. The van der Waals surface area contributed by atoms with Crippen LogP contribution in [0.5, 0.6) is 0 Å². The van der Waals surface area contributed by atoms with Crippen LogP contribution in [-0.4, -0.2) is 26.0 Å². The molecule has 1 aromatic rings. The number of halogens is 2. The number of hydrogen-bond donors (Lipinski definition) is 2. The Morgan fingerprint density at radius 1 is 1.38 bits per heavy atom. The lowest BCUT2D eigenvalue weighted by Crippen LogP contribution is -2.39. The number of sulfonamides is 1. The van der Waals surface area contributed by atoms with E-state index >= 15 is 0 Å². The van der Waals surface area contributed by atoms with Crippen LogP contribution in [0.15, 0.2) is 21.5 Å². The molecule has 8 heteroatoms. The summed E-state index contributed by atoms with van der Waals surface area (Å²) in [6.45, 7) is 4.26. The fraction of sp³-hybridized carbons (Fsp3) is 0.538. The Morgan fingerprint density at radius 3 is 2.43 bits per heavy atom. The van der Waals surface area contributed by atoms with Gasteiger partial charge in [-0.15, -0.1) is 0 Å². The number of hydrogen-bond acceptors (Lipinski definition) is 4. The molecule has 0 amide bonds. The molecule has 0 saturated heterocycles. The lowest BCUT2D eigenvalue weighted by molar-refractivity contribution is 0.516. The van der Waals surface area contributed by atoms with E-state index in [0.717, 1.165) is 18.9 Å². The molecule has 0 saturated carbocycles. The summed E-state index contributed by atoms with van der Waals surface area (Å²) in [5.41, 5.74) is 5.78. The van der Waals surface area contributed by atoms with Gasteiger partial charge in [-0.1, -0.05) is 13.8 Å². The van der Waals surface area contributed by atoms with Crippen LogP contribution in [-0.2, 0) is 10.0 Å². The number of thioether (sulfide) groups is 1. The molecule has 0 fully saturated rings. The van der Waals surface area contributed by atoms with Crippen molar-refractivity contribution in [2.24, 2.45) is 0 Å². The van der Waals surface area contributed by atoms with Crippen LogP contribution in [0.25, 0.3) is 0 Å². The van der Waals surface area contributed by atoms with E-state index in [4.69, 9.17) is 5.73 Å². The van der Waals surface area contributed by atoms with Gasteiger partial charge in [0.15, 0.2) is 5.82 Å². The lowest BCUT2D eigenvalue weighted by atomic mass is 10.0. The van der Waals surface area contributed by atoms with Crippen LogP contribution in [0.3, 0.4) is 0 Å². The second kappa shape index (κ2) is 7.30. The second-order valence-corrected chi connectivity index (χ2v) is 8.60. The second-order valence-electron chi connectivity index (χ2n) is 4.73. The van der Waals surface area contributed by atoms with E-state index < -0.39 is 20.7 Å². The van der Waals surface area contributed by atoms with E-state index in [-0.39, 0.29) is 21.5 Å². The van der Waals surface area contributed by atoms with Crippen molar-refractivity contribution in [1.29, 1.82) is 0 Å². The molecular weight excluding hydrogens is 379 g/mol. The van der Waals surface area contributed by atoms with Gasteiger partial charge in [0.05, 0.1) is 4.47 Å². The van der Waals surface area contributed by atoms with Crippen molar-refractivity contribution in [3.8, 4) is 0 Å². The zero-order valence-corrected chi connectivity index (χ0v) is 15.5. The molecule has 1 aromatic carbocycles. The van der Waals surface area contributed by atoms with Crippen molar-refractivity contribution >= 4 is 43.4 Å². The summed E-state index contributed by atoms with van der Waals surface area (Å²) >= 11 is 4.58. The third kappa shape index (κ3) is 4.34. The molecule has 3 N–H and O–H groups in total. The molecule has 120 valence electrons. The molecule has 0 bridgehead atoms. The maximum Gasteiger partial charge on any atom is 0.243 e. The number of nitrogens with one attached hydrogen (secondary N) is 1. The SMILES string of the molecule is CCC(CC)(CNS(=O)(=O)c1cc(N)cc(Br)c1F)SC. The topological polar surface area (TPSA) is 72.2 Å². The van der Waals surface area contributed by atoms with Crippen molar-refractivity contribution in [3.63, 3.8) is 0 Å². The van der Waals surface area contributed by atoms with Gasteiger partial charge in [0.1, 0.15) is 4.90 Å². The van der Waals surface area contributed by atoms with E-state index in [2.05, 4.69) is 20.7 Å². The molecule has 21 heavy (non-hydrogen) atoms. The molecule has 0 heterocycles. The highest BCUT2D eigenvalue weighted by Gasteiger charge is 2.29. The number of anilines is 1. The van der Waals surface area contributed by atoms with Crippen LogP contribution in [0.1, 0.15) is 26.7 Å². The van der Waals surface area contributed by atoms with Crippen LogP contribution < -0.4 is 10.5 Å². The summed E-state index contributed by atoms with van der Waals surface area (Å²) in [6.07, 6.45) is 3.57. The minimum absolute atomic E-state index is 0.0324. The Labute approximate surface area is 138 Å². The molecule has 0 aliphatic heterocycles. The van der Waals surface area contributed by atoms with Crippen molar-refractivity contribution < 1.29 is 12.8 Å². The van der Waals surface area contributed by atoms with E-state index in [1.807, 2.05) is 20.1 Å². The van der Waals surface area contributed by atoms with Crippen molar-refractivity contribution in [1.82, 2.24) is 4.72 Å². The van der Waals surface area contributed by atoms with Crippen LogP contribution >= 0.6 is 27.7 Å². The number of nitrogen functional groups attached to an aromatic ring is 1. The fourth-order valence-electron chi connectivity index (χ4n) is 1.94. The van der Waals surface area contributed by atoms with Gasteiger partial charge in [-0.05, 0) is 47.2 Å². The standard InChI is InChI=1S/C13H20BrFN2O2S2/c1-4-13(5-2,20-3)8-17-21(18,19)11-7-9(16)6-10(14)12(11)15/h6-7,17H,4-5,8,16H2,1-3H3. The molecule has 0 radical (unpaired) electrons. The highest BCUT2D eigenvalue weighted by molar-refractivity contribution is 9.10.